The molecule has 0 atom stereocenters. The summed E-state index contributed by atoms with van der Waals surface area (Å²) in [4.78, 5) is 0. The second kappa shape index (κ2) is 6.98. The highest BCUT2D eigenvalue weighted by Crippen LogP contribution is 2.21. The summed E-state index contributed by atoms with van der Waals surface area (Å²) in [5, 5.41) is 13.6. The molecule has 1 N–H and O–H groups in total. The van der Waals surface area contributed by atoms with E-state index in [0.717, 1.165) is 29.1 Å². The molecule has 2 rings (SSSR count). The molecule has 2 aromatic rings. The van der Waals surface area contributed by atoms with Crippen molar-refractivity contribution < 1.29 is 4.74 Å². The van der Waals surface area contributed by atoms with Crippen LogP contribution in [0.15, 0.2) is 21.4 Å². The van der Waals surface area contributed by atoms with E-state index in [4.69, 9.17) is 4.74 Å². The van der Waals surface area contributed by atoms with Gasteiger partial charge in [-0.2, -0.15) is 0 Å². The average Bonchev–Trinajstić information content (AvgIpc) is 2.95. The van der Waals surface area contributed by atoms with E-state index in [-0.39, 0.29) is 0 Å². The van der Waals surface area contributed by atoms with E-state index in [9.17, 15) is 0 Å². The first-order chi connectivity index (χ1) is 8.78. The zero-order valence-corrected chi connectivity index (χ0v) is 12.5. The summed E-state index contributed by atoms with van der Waals surface area (Å²) < 4.78 is 7.95. The van der Waals surface area contributed by atoms with Crippen molar-refractivity contribution >= 4 is 27.3 Å². The zero-order chi connectivity index (χ0) is 12.8. The van der Waals surface area contributed by atoms with Gasteiger partial charge in [0.15, 0.2) is 0 Å². The predicted molar refractivity (Wildman–Crippen MR) is 74.7 cm³/mol. The lowest BCUT2D eigenvalue weighted by molar-refractivity contribution is 0.199. The summed E-state index contributed by atoms with van der Waals surface area (Å²) in [6.45, 7) is 3.00. The number of hydrogen-bond acceptors (Lipinski definition) is 5. The van der Waals surface area contributed by atoms with Crippen LogP contribution in [-0.2, 0) is 17.8 Å². The Labute approximate surface area is 118 Å². The van der Waals surface area contributed by atoms with Crippen molar-refractivity contribution in [1.29, 1.82) is 0 Å². The minimum atomic E-state index is 0.705. The van der Waals surface area contributed by atoms with Gasteiger partial charge in [0, 0.05) is 20.2 Å². The molecule has 0 aromatic carbocycles. The Morgan fingerprint density at radius 2 is 2.44 bits per heavy atom. The van der Waals surface area contributed by atoms with Crippen LogP contribution in [0, 0.1) is 0 Å². The fraction of sp³-hybridized carbons (Fsp3) is 0.455. The molecule has 98 valence electrons. The quantitative estimate of drug-likeness (QED) is 0.787. The summed E-state index contributed by atoms with van der Waals surface area (Å²) >= 11 is 5.13. The predicted octanol–water partition coefficient (Wildman–Crippen LogP) is 1.89. The summed E-state index contributed by atoms with van der Waals surface area (Å²) in [7, 11) is 1.69. The van der Waals surface area contributed by atoms with Crippen LogP contribution >= 0.6 is 27.3 Å². The molecule has 0 radical (unpaired) electrons. The SMILES string of the molecule is COCCNCc1cn(Cc2csc(Br)c2)nn1. The summed E-state index contributed by atoms with van der Waals surface area (Å²) in [6, 6.07) is 2.10. The normalized spacial score (nSPS) is 11.0. The summed E-state index contributed by atoms with van der Waals surface area (Å²) in [6.07, 6.45) is 1.96. The summed E-state index contributed by atoms with van der Waals surface area (Å²) in [5.41, 5.74) is 2.18. The third kappa shape index (κ3) is 4.16. The molecule has 0 unspecified atom stereocenters. The van der Waals surface area contributed by atoms with Crippen molar-refractivity contribution in [3.05, 3.63) is 32.7 Å². The molecular formula is C11H15BrN4OS. The second-order valence-electron chi connectivity index (χ2n) is 3.84. The first-order valence-corrected chi connectivity index (χ1v) is 7.27. The van der Waals surface area contributed by atoms with Crippen LogP contribution in [-0.4, -0.2) is 35.3 Å². The van der Waals surface area contributed by atoms with E-state index in [1.54, 1.807) is 18.4 Å². The van der Waals surface area contributed by atoms with Crippen molar-refractivity contribution in [3.63, 3.8) is 0 Å². The second-order valence-corrected chi connectivity index (χ2v) is 6.13. The molecule has 7 heteroatoms. The summed E-state index contributed by atoms with van der Waals surface area (Å²) in [5.74, 6) is 0. The largest absolute Gasteiger partial charge is 0.383 e. The Morgan fingerprint density at radius 3 is 3.17 bits per heavy atom. The van der Waals surface area contributed by atoms with Gasteiger partial charge in [0.2, 0.25) is 0 Å². The third-order valence-corrected chi connectivity index (χ3v) is 3.89. The van der Waals surface area contributed by atoms with Gasteiger partial charge >= 0.3 is 0 Å². The van der Waals surface area contributed by atoms with Gasteiger partial charge in [0.1, 0.15) is 0 Å². The highest BCUT2D eigenvalue weighted by Gasteiger charge is 2.03. The lowest BCUT2D eigenvalue weighted by Crippen LogP contribution is -2.18. The smallest absolute Gasteiger partial charge is 0.0964 e. The molecule has 0 amide bonds. The molecule has 18 heavy (non-hydrogen) atoms. The van der Waals surface area contributed by atoms with Gasteiger partial charge in [-0.05, 0) is 32.9 Å². The van der Waals surface area contributed by atoms with Crippen LogP contribution in [0.25, 0.3) is 0 Å². The van der Waals surface area contributed by atoms with Crippen molar-refractivity contribution in [1.82, 2.24) is 20.3 Å². The number of rotatable bonds is 7. The Bertz CT molecular complexity index is 485. The molecule has 2 aromatic heterocycles. The first-order valence-electron chi connectivity index (χ1n) is 5.59. The third-order valence-electron chi connectivity index (χ3n) is 2.34. The van der Waals surface area contributed by atoms with E-state index in [0.29, 0.717) is 6.61 Å². The van der Waals surface area contributed by atoms with Crippen molar-refractivity contribution in [2.24, 2.45) is 0 Å². The number of nitrogens with zero attached hydrogens (tertiary/aromatic N) is 3. The van der Waals surface area contributed by atoms with Crippen LogP contribution in [0.5, 0.6) is 0 Å². The highest BCUT2D eigenvalue weighted by molar-refractivity contribution is 9.11. The number of methoxy groups -OCH3 is 1. The van der Waals surface area contributed by atoms with E-state index < -0.39 is 0 Å². The molecule has 0 saturated heterocycles. The fourth-order valence-electron chi connectivity index (χ4n) is 1.50. The lowest BCUT2D eigenvalue weighted by atomic mass is 10.3. The van der Waals surface area contributed by atoms with E-state index in [2.05, 4.69) is 43.0 Å². The van der Waals surface area contributed by atoms with Crippen LogP contribution < -0.4 is 5.32 Å². The van der Waals surface area contributed by atoms with Gasteiger partial charge < -0.3 is 10.1 Å². The van der Waals surface area contributed by atoms with Gasteiger partial charge in [-0.15, -0.1) is 16.4 Å². The van der Waals surface area contributed by atoms with E-state index in [1.807, 2.05) is 10.9 Å². The average molecular weight is 331 g/mol. The standard InChI is InChI=1S/C11H15BrN4OS/c1-17-3-2-13-5-10-7-16(15-14-10)6-9-4-11(12)18-8-9/h4,7-8,13H,2-3,5-6H2,1H3. The van der Waals surface area contributed by atoms with Crippen LogP contribution in [0.3, 0.4) is 0 Å². The lowest BCUT2D eigenvalue weighted by Gasteiger charge is -1.99. The van der Waals surface area contributed by atoms with Gasteiger partial charge in [-0.3, -0.25) is 0 Å². The molecule has 0 bridgehead atoms. The number of halogens is 1. The van der Waals surface area contributed by atoms with Gasteiger partial charge in [0.25, 0.3) is 0 Å². The van der Waals surface area contributed by atoms with E-state index in [1.165, 1.54) is 5.56 Å². The van der Waals surface area contributed by atoms with Gasteiger partial charge in [0.05, 0.1) is 28.8 Å². The molecule has 5 nitrogen and oxygen atoms in total. The van der Waals surface area contributed by atoms with Gasteiger partial charge in [-0.25, -0.2) is 4.68 Å². The first kappa shape index (κ1) is 13.7. The Kier molecular flexibility index (Phi) is 5.30. The van der Waals surface area contributed by atoms with Crippen LogP contribution in [0.2, 0.25) is 0 Å². The van der Waals surface area contributed by atoms with Crippen LogP contribution in [0.4, 0.5) is 0 Å². The molecule has 0 aliphatic heterocycles. The molecule has 0 spiro atoms. The van der Waals surface area contributed by atoms with Gasteiger partial charge in [-0.1, -0.05) is 5.21 Å². The number of ether oxygens (including phenoxy) is 1. The highest BCUT2D eigenvalue weighted by atomic mass is 79.9. The van der Waals surface area contributed by atoms with Crippen LogP contribution in [0.1, 0.15) is 11.3 Å². The molecule has 0 fully saturated rings. The van der Waals surface area contributed by atoms with Crippen molar-refractivity contribution in [2.75, 3.05) is 20.3 Å². The van der Waals surface area contributed by atoms with Crippen molar-refractivity contribution in [3.8, 4) is 0 Å². The molecule has 2 heterocycles. The maximum absolute atomic E-state index is 4.96. The number of nitrogens with one attached hydrogen (secondary N) is 1. The molecule has 0 aliphatic carbocycles. The zero-order valence-electron chi connectivity index (χ0n) is 10.1. The number of aromatic nitrogens is 3. The molecular weight excluding hydrogens is 316 g/mol. The van der Waals surface area contributed by atoms with Crippen molar-refractivity contribution in [2.45, 2.75) is 13.1 Å². The number of thiophene rings is 1. The maximum atomic E-state index is 4.96. The van der Waals surface area contributed by atoms with E-state index >= 15 is 0 Å². The minimum absolute atomic E-state index is 0.705. The Hall–Kier alpha value is -0.760. The topological polar surface area (TPSA) is 52.0 Å². The minimum Gasteiger partial charge on any atom is -0.383 e. The monoisotopic (exact) mass is 330 g/mol. The Balaban J connectivity index is 1.82. The Morgan fingerprint density at radius 1 is 1.56 bits per heavy atom. The number of hydrogen-bond donors (Lipinski definition) is 1. The fourth-order valence-corrected chi connectivity index (χ4v) is 2.70. The molecule has 0 aliphatic rings. The molecule has 0 saturated carbocycles. The maximum Gasteiger partial charge on any atom is 0.0964 e.